The molecule has 0 bridgehead atoms. The number of hydrogen-bond donors (Lipinski definition) is 0. The molecule has 0 atom stereocenters. The Bertz CT molecular complexity index is 541. The van der Waals surface area contributed by atoms with Crippen LogP contribution in [-0.4, -0.2) is 49.3 Å². The van der Waals surface area contributed by atoms with Crippen LogP contribution < -0.4 is 4.90 Å². The van der Waals surface area contributed by atoms with E-state index in [2.05, 4.69) is 27.0 Å². The van der Waals surface area contributed by atoms with E-state index in [-0.39, 0.29) is 0 Å². The van der Waals surface area contributed by atoms with Crippen molar-refractivity contribution in [2.75, 3.05) is 37.6 Å². The molecular weight excluding hydrogens is 292 g/mol. The second-order valence-corrected chi connectivity index (χ2v) is 6.62. The fourth-order valence-corrected chi connectivity index (χ4v) is 2.43. The van der Waals surface area contributed by atoms with Gasteiger partial charge in [0.1, 0.15) is 5.60 Å². The highest BCUT2D eigenvalue weighted by atomic mass is 16.6. The largest absolute Gasteiger partial charge is 0.452 e. The van der Waals surface area contributed by atoms with Gasteiger partial charge in [0.05, 0.1) is 5.69 Å². The Balaban J connectivity index is 1.91. The highest BCUT2D eigenvalue weighted by molar-refractivity contribution is 5.68. The van der Waals surface area contributed by atoms with Crippen molar-refractivity contribution in [1.29, 1.82) is 0 Å². The van der Waals surface area contributed by atoms with Crippen LogP contribution in [0.5, 0.6) is 0 Å². The molecule has 0 radical (unpaired) electrons. The highest BCUT2D eigenvalue weighted by Crippen LogP contribution is 2.21. The van der Waals surface area contributed by atoms with Crippen molar-refractivity contribution in [1.82, 2.24) is 4.90 Å². The number of carbonyl (C=O) groups excluding carboxylic acids is 1. The summed E-state index contributed by atoms with van der Waals surface area (Å²) in [7, 11) is 0. The second kappa shape index (κ2) is 7.55. The van der Waals surface area contributed by atoms with Gasteiger partial charge in [-0.1, -0.05) is 12.0 Å². The average Bonchev–Trinajstić information content (AvgIpc) is 2.52. The maximum absolute atomic E-state index is 11.5. The van der Waals surface area contributed by atoms with E-state index in [0.29, 0.717) is 5.69 Å². The van der Waals surface area contributed by atoms with Crippen molar-refractivity contribution < 1.29 is 9.53 Å². The summed E-state index contributed by atoms with van der Waals surface area (Å²) in [4.78, 5) is 16.3. The minimum atomic E-state index is -0.669. The summed E-state index contributed by atoms with van der Waals surface area (Å²) in [5.74, 6) is 0. The third kappa shape index (κ3) is 5.63. The second-order valence-electron chi connectivity index (χ2n) is 6.62. The number of azo groups is 1. The van der Waals surface area contributed by atoms with E-state index in [1.165, 1.54) is 5.69 Å². The van der Waals surface area contributed by atoms with E-state index in [4.69, 9.17) is 4.74 Å². The lowest BCUT2D eigenvalue weighted by Gasteiger charge is -2.35. The summed E-state index contributed by atoms with van der Waals surface area (Å²) in [6.07, 6.45) is -0.669. The van der Waals surface area contributed by atoms with Gasteiger partial charge in [0.2, 0.25) is 0 Å². The minimum Gasteiger partial charge on any atom is -0.441 e. The first-order valence-electron chi connectivity index (χ1n) is 8.09. The Morgan fingerprint density at radius 3 is 2.26 bits per heavy atom. The summed E-state index contributed by atoms with van der Waals surface area (Å²) in [6.45, 7) is 13.0. The Hall–Kier alpha value is -1.95. The molecule has 0 spiro atoms. The molecule has 1 aliphatic heterocycles. The number of carbonyl (C=O) groups is 1. The molecular formula is C17H26N4O2. The van der Waals surface area contributed by atoms with Crippen LogP contribution in [-0.2, 0) is 4.74 Å². The van der Waals surface area contributed by atoms with Gasteiger partial charge in [0.25, 0.3) is 0 Å². The van der Waals surface area contributed by atoms with Crippen molar-refractivity contribution in [2.45, 2.75) is 33.3 Å². The fourth-order valence-electron chi connectivity index (χ4n) is 2.43. The first kappa shape index (κ1) is 17.4. The van der Waals surface area contributed by atoms with Crippen LogP contribution in [0.2, 0.25) is 0 Å². The van der Waals surface area contributed by atoms with E-state index >= 15 is 0 Å². The Labute approximate surface area is 138 Å². The zero-order valence-corrected chi connectivity index (χ0v) is 14.5. The first-order valence-corrected chi connectivity index (χ1v) is 8.09. The van der Waals surface area contributed by atoms with Gasteiger partial charge in [-0.2, -0.15) is 0 Å². The zero-order chi connectivity index (χ0) is 16.9. The van der Waals surface area contributed by atoms with Crippen LogP contribution in [0.15, 0.2) is 34.5 Å². The van der Waals surface area contributed by atoms with Crippen LogP contribution in [0.3, 0.4) is 0 Å². The monoisotopic (exact) mass is 318 g/mol. The number of piperazine rings is 1. The van der Waals surface area contributed by atoms with Crippen molar-refractivity contribution in [2.24, 2.45) is 10.2 Å². The van der Waals surface area contributed by atoms with Gasteiger partial charge in [0.15, 0.2) is 0 Å². The molecule has 0 aliphatic carbocycles. The normalized spacial score (nSPS) is 16.8. The molecule has 126 valence electrons. The predicted molar refractivity (Wildman–Crippen MR) is 91.5 cm³/mol. The topological polar surface area (TPSA) is 57.5 Å². The number of nitrogens with zero attached hydrogens (tertiary/aromatic N) is 4. The summed E-state index contributed by atoms with van der Waals surface area (Å²) in [6, 6.07) is 7.78. The third-order valence-electron chi connectivity index (χ3n) is 3.67. The van der Waals surface area contributed by atoms with Crippen LogP contribution in [0, 0.1) is 0 Å². The van der Waals surface area contributed by atoms with Crippen molar-refractivity contribution >= 4 is 17.5 Å². The molecule has 1 saturated heterocycles. The molecule has 1 heterocycles. The maximum Gasteiger partial charge on any atom is 0.452 e. The van der Waals surface area contributed by atoms with Crippen LogP contribution >= 0.6 is 0 Å². The standard InChI is InChI=1S/C17H26N4O2/c1-5-20-10-12-21(13-11-20)15-8-6-14(7-9-15)18-19-16(22)23-17(2,3)4/h6-9H,5,10-13H2,1-4H3. The van der Waals surface area contributed by atoms with E-state index in [1.54, 1.807) is 20.8 Å². The summed E-state index contributed by atoms with van der Waals surface area (Å²) < 4.78 is 5.09. The molecule has 1 aliphatic rings. The molecule has 1 fully saturated rings. The van der Waals surface area contributed by atoms with Gasteiger partial charge in [0, 0.05) is 31.9 Å². The Kier molecular flexibility index (Phi) is 5.71. The molecule has 1 aromatic carbocycles. The van der Waals surface area contributed by atoms with Gasteiger partial charge in [-0.25, -0.2) is 4.79 Å². The highest BCUT2D eigenvalue weighted by Gasteiger charge is 2.16. The lowest BCUT2D eigenvalue weighted by Crippen LogP contribution is -2.46. The van der Waals surface area contributed by atoms with E-state index in [9.17, 15) is 4.79 Å². The van der Waals surface area contributed by atoms with E-state index in [1.807, 2.05) is 24.3 Å². The Morgan fingerprint density at radius 1 is 1.13 bits per heavy atom. The fraction of sp³-hybridized carbons (Fsp3) is 0.588. The van der Waals surface area contributed by atoms with Crippen LogP contribution in [0.1, 0.15) is 27.7 Å². The van der Waals surface area contributed by atoms with Crippen molar-refractivity contribution in [3.05, 3.63) is 24.3 Å². The summed E-state index contributed by atoms with van der Waals surface area (Å²) >= 11 is 0. The molecule has 1 amide bonds. The van der Waals surface area contributed by atoms with Gasteiger partial charge >= 0.3 is 6.09 Å². The molecule has 0 saturated carbocycles. The lowest BCUT2D eigenvalue weighted by molar-refractivity contribution is 0.0592. The molecule has 0 aromatic heterocycles. The molecule has 23 heavy (non-hydrogen) atoms. The number of benzene rings is 1. The minimum absolute atomic E-state index is 0.555. The van der Waals surface area contributed by atoms with E-state index in [0.717, 1.165) is 32.7 Å². The third-order valence-corrected chi connectivity index (χ3v) is 3.67. The van der Waals surface area contributed by atoms with E-state index < -0.39 is 11.7 Å². The maximum atomic E-state index is 11.5. The molecule has 2 rings (SSSR count). The summed E-state index contributed by atoms with van der Waals surface area (Å²) in [5.41, 5.74) is 1.27. The SMILES string of the molecule is CCN1CCN(c2ccc(N=NC(=O)OC(C)(C)C)cc2)CC1. The molecule has 6 heteroatoms. The Morgan fingerprint density at radius 2 is 1.74 bits per heavy atom. The number of ether oxygens (including phenoxy) is 1. The average molecular weight is 318 g/mol. The molecule has 1 aromatic rings. The van der Waals surface area contributed by atoms with Crippen molar-refractivity contribution in [3.8, 4) is 0 Å². The van der Waals surface area contributed by atoms with Gasteiger partial charge in [-0.05, 0) is 51.6 Å². The number of amides is 1. The molecule has 0 N–H and O–H groups in total. The number of hydrogen-bond acceptors (Lipinski definition) is 5. The van der Waals surface area contributed by atoms with Crippen molar-refractivity contribution in [3.63, 3.8) is 0 Å². The van der Waals surface area contributed by atoms with Crippen LogP contribution in [0.25, 0.3) is 0 Å². The predicted octanol–water partition coefficient (Wildman–Crippen LogP) is 3.85. The lowest BCUT2D eigenvalue weighted by atomic mass is 10.2. The summed E-state index contributed by atoms with van der Waals surface area (Å²) in [5, 5.41) is 7.51. The number of likely N-dealkylation sites (N-methyl/N-ethyl adjacent to an activating group) is 1. The first-order chi connectivity index (χ1) is 10.9. The van der Waals surface area contributed by atoms with Gasteiger partial charge in [-0.3, -0.25) is 0 Å². The van der Waals surface area contributed by atoms with Gasteiger partial charge < -0.3 is 14.5 Å². The quantitative estimate of drug-likeness (QED) is 0.794. The number of rotatable bonds is 3. The zero-order valence-electron chi connectivity index (χ0n) is 14.5. The number of anilines is 1. The van der Waals surface area contributed by atoms with Crippen LogP contribution in [0.4, 0.5) is 16.2 Å². The van der Waals surface area contributed by atoms with Gasteiger partial charge in [-0.15, -0.1) is 5.11 Å². The molecule has 6 nitrogen and oxygen atoms in total. The molecule has 0 unspecified atom stereocenters. The smallest absolute Gasteiger partial charge is 0.441 e.